The van der Waals surface area contributed by atoms with E-state index in [2.05, 4.69) is 19.6 Å². The number of nitrogens with one attached hydrogen (secondary N) is 1. The molecule has 0 bridgehead atoms. The summed E-state index contributed by atoms with van der Waals surface area (Å²) in [6, 6.07) is 0. The Morgan fingerprint density at radius 2 is 2.22 bits per heavy atom. The van der Waals surface area contributed by atoms with Crippen LogP contribution >= 0.6 is 0 Å². The van der Waals surface area contributed by atoms with Crippen molar-refractivity contribution in [3.05, 3.63) is 38.6 Å². The lowest BCUT2D eigenvalue weighted by atomic mass is 10.1. The van der Waals surface area contributed by atoms with Gasteiger partial charge in [0.15, 0.2) is 5.82 Å². The molecule has 8 heteroatoms. The fourth-order valence-electron chi connectivity index (χ4n) is 1.65. The molecule has 96 valence electrons. The van der Waals surface area contributed by atoms with Gasteiger partial charge in [-0.05, 0) is 5.92 Å². The molecular weight excluding hydrogens is 240 g/mol. The Kier molecular flexibility index (Phi) is 3.00. The van der Waals surface area contributed by atoms with Gasteiger partial charge in [-0.2, -0.15) is 4.98 Å². The molecule has 0 saturated carbocycles. The Balaban J connectivity index is 2.57. The smallest absolute Gasteiger partial charge is 0.331 e. The molecule has 18 heavy (non-hydrogen) atoms. The summed E-state index contributed by atoms with van der Waals surface area (Å²) in [4.78, 5) is 29.1. The van der Waals surface area contributed by atoms with Crippen molar-refractivity contribution in [2.24, 2.45) is 0 Å². The van der Waals surface area contributed by atoms with Crippen molar-refractivity contribution >= 4 is 0 Å². The van der Waals surface area contributed by atoms with Gasteiger partial charge in [-0.25, -0.2) is 4.79 Å². The number of hydrogen-bond donors (Lipinski definition) is 2. The maximum atomic E-state index is 11.6. The van der Waals surface area contributed by atoms with Crippen LogP contribution in [0.2, 0.25) is 0 Å². The van der Waals surface area contributed by atoms with Gasteiger partial charge in [0.1, 0.15) is 0 Å². The van der Waals surface area contributed by atoms with Gasteiger partial charge in [0.25, 0.3) is 5.56 Å². The van der Waals surface area contributed by atoms with Crippen molar-refractivity contribution < 1.29 is 9.63 Å². The molecule has 0 aliphatic heterocycles. The molecule has 0 aromatic carbocycles. The maximum absolute atomic E-state index is 11.6. The first-order valence-corrected chi connectivity index (χ1v) is 5.32. The molecule has 0 fully saturated rings. The number of H-pyrrole nitrogens is 1. The number of nitrogens with zero attached hydrogens (tertiary/aromatic N) is 3. The van der Waals surface area contributed by atoms with E-state index in [1.165, 1.54) is 0 Å². The first-order valence-electron chi connectivity index (χ1n) is 5.32. The topological polar surface area (TPSA) is 114 Å². The minimum absolute atomic E-state index is 0.0718. The van der Waals surface area contributed by atoms with Gasteiger partial charge < -0.3 is 9.63 Å². The summed E-state index contributed by atoms with van der Waals surface area (Å²) in [6.45, 7) is 3.42. The van der Waals surface area contributed by atoms with Crippen LogP contribution in [0, 0.1) is 0 Å². The second kappa shape index (κ2) is 4.47. The summed E-state index contributed by atoms with van der Waals surface area (Å²) < 4.78 is 5.53. The molecule has 0 spiro atoms. The predicted molar refractivity (Wildman–Crippen MR) is 60.5 cm³/mol. The second-order valence-corrected chi connectivity index (χ2v) is 4.08. The van der Waals surface area contributed by atoms with Crippen molar-refractivity contribution in [3.63, 3.8) is 0 Å². The van der Waals surface area contributed by atoms with Crippen LogP contribution in [0.1, 0.15) is 31.2 Å². The van der Waals surface area contributed by atoms with Gasteiger partial charge in [-0.15, -0.1) is 0 Å². The molecule has 2 heterocycles. The van der Waals surface area contributed by atoms with Gasteiger partial charge in [-0.3, -0.25) is 14.3 Å². The highest BCUT2D eigenvalue weighted by molar-refractivity contribution is 5.26. The monoisotopic (exact) mass is 252 g/mol. The van der Waals surface area contributed by atoms with Crippen LogP contribution in [-0.2, 0) is 6.54 Å². The molecule has 0 atom stereocenters. The average molecular weight is 252 g/mol. The lowest BCUT2D eigenvalue weighted by molar-refractivity contribution is 0.384. The zero-order chi connectivity index (χ0) is 13.3. The Hall–Kier alpha value is -2.38. The van der Waals surface area contributed by atoms with E-state index >= 15 is 0 Å². The fourth-order valence-corrected chi connectivity index (χ4v) is 1.65. The Bertz CT molecular complexity index is 654. The van der Waals surface area contributed by atoms with Crippen molar-refractivity contribution in [3.8, 4) is 5.88 Å². The summed E-state index contributed by atoms with van der Waals surface area (Å²) in [5.41, 5.74) is -1.15. The van der Waals surface area contributed by atoms with Gasteiger partial charge >= 0.3 is 5.69 Å². The van der Waals surface area contributed by atoms with Crippen LogP contribution in [0.3, 0.4) is 0 Å². The molecule has 0 radical (unpaired) electrons. The van der Waals surface area contributed by atoms with Crippen LogP contribution in [0.4, 0.5) is 0 Å². The highest BCUT2D eigenvalue weighted by Crippen LogP contribution is 2.19. The molecule has 8 nitrogen and oxygen atoms in total. The number of rotatable bonds is 3. The van der Waals surface area contributed by atoms with E-state index < -0.39 is 11.2 Å². The van der Waals surface area contributed by atoms with E-state index in [1.54, 1.807) is 13.8 Å². The lowest BCUT2D eigenvalue weighted by Crippen LogP contribution is -2.33. The minimum Gasteiger partial charge on any atom is -0.494 e. The van der Waals surface area contributed by atoms with Crippen LogP contribution in [0.25, 0.3) is 0 Å². The van der Waals surface area contributed by atoms with E-state index in [0.717, 1.165) is 11.0 Å². The van der Waals surface area contributed by atoms with Crippen LogP contribution in [0.15, 0.2) is 20.5 Å². The summed E-state index contributed by atoms with van der Waals surface area (Å²) >= 11 is 0. The third-order valence-corrected chi connectivity index (χ3v) is 2.49. The Morgan fingerprint density at radius 1 is 1.50 bits per heavy atom. The average Bonchev–Trinajstić information content (AvgIpc) is 2.75. The molecule has 0 aliphatic rings. The van der Waals surface area contributed by atoms with Crippen molar-refractivity contribution in [2.45, 2.75) is 26.3 Å². The number of aromatic hydroxyl groups is 1. The highest BCUT2D eigenvalue weighted by Gasteiger charge is 2.17. The molecule has 0 saturated heterocycles. The zero-order valence-corrected chi connectivity index (χ0v) is 9.88. The first kappa shape index (κ1) is 12.1. The van der Waals surface area contributed by atoms with Gasteiger partial charge in [-0.1, -0.05) is 19.0 Å². The van der Waals surface area contributed by atoms with E-state index in [0.29, 0.717) is 0 Å². The van der Waals surface area contributed by atoms with Gasteiger partial charge in [0.2, 0.25) is 12.3 Å². The van der Waals surface area contributed by atoms with Gasteiger partial charge in [0.05, 0.1) is 12.1 Å². The van der Waals surface area contributed by atoms with Gasteiger partial charge in [0, 0.05) is 0 Å². The largest absolute Gasteiger partial charge is 0.494 e. The third kappa shape index (κ3) is 2.04. The number of aromatic amines is 1. The zero-order valence-electron chi connectivity index (χ0n) is 9.88. The van der Waals surface area contributed by atoms with E-state index in [4.69, 9.17) is 0 Å². The second-order valence-electron chi connectivity index (χ2n) is 4.08. The summed E-state index contributed by atoms with van der Waals surface area (Å²) in [7, 11) is 0. The van der Waals surface area contributed by atoms with Crippen molar-refractivity contribution in [1.82, 2.24) is 19.7 Å². The van der Waals surface area contributed by atoms with E-state index in [-0.39, 0.29) is 29.7 Å². The van der Waals surface area contributed by atoms with Crippen molar-refractivity contribution in [2.75, 3.05) is 0 Å². The summed E-state index contributed by atoms with van der Waals surface area (Å²) in [5.74, 6) is -0.358. The summed E-state index contributed by atoms with van der Waals surface area (Å²) in [5, 5.41) is 13.5. The Morgan fingerprint density at radius 3 is 2.78 bits per heavy atom. The molecule has 2 N–H and O–H groups in total. The normalized spacial score (nSPS) is 11.1. The maximum Gasteiger partial charge on any atom is 0.331 e. The standard InChI is InChI=1S/C10H12N4O4/c1-5(2)7-8(15)12-10(17)14(9(7)16)3-6-11-4-18-13-6/h4-5,16H,3H2,1-2H3,(H,12,15,17). The number of aromatic nitrogens is 4. The molecule has 0 unspecified atom stereocenters. The lowest BCUT2D eigenvalue weighted by Gasteiger charge is -2.11. The molecule has 0 aliphatic carbocycles. The molecule has 0 amide bonds. The van der Waals surface area contributed by atoms with Crippen LogP contribution in [-0.4, -0.2) is 24.8 Å². The van der Waals surface area contributed by atoms with Crippen LogP contribution < -0.4 is 11.2 Å². The van der Waals surface area contributed by atoms with E-state index in [9.17, 15) is 14.7 Å². The van der Waals surface area contributed by atoms with Crippen LogP contribution in [0.5, 0.6) is 5.88 Å². The first-order chi connectivity index (χ1) is 8.50. The molecule has 2 aromatic rings. The van der Waals surface area contributed by atoms with E-state index in [1.807, 2.05) is 0 Å². The minimum atomic E-state index is -0.716. The SMILES string of the molecule is CC(C)c1c(O)n(Cc2ncon2)c(=O)[nH]c1=O. The number of hydrogen-bond acceptors (Lipinski definition) is 6. The Labute approximate surface area is 101 Å². The van der Waals surface area contributed by atoms with Crippen molar-refractivity contribution in [1.29, 1.82) is 0 Å². The molecule has 2 rings (SSSR count). The molecular formula is C10H12N4O4. The summed E-state index contributed by atoms with van der Waals surface area (Å²) in [6.07, 6.45) is 1.12. The molecule has 2 aromatic heterocycles. The predicted octanol–water partition coefficient (Wildman–Crippen LogP) is -0.203. The third-order valence-electron chi connectivity index (χ3n) is 2.49. The highest BCUT2D eigenvalue weighted by atomic mass is 16.5. The fraction of sp³-hybridized carbons (Fsp3) is 0.400. The quantitative estimate of drug-likeness (QED) is 0.781.